The molecule has 204 valence electrons. The molecule has 38 heavy (non-hydrogen) atoms. The second kappa shape index (κ2) is 16.5. The van der Waals surface area contributed by atoms with Gasteiger partial charge in [-0.25, -0.2) is 14.5 Å². The number of nitrogens with zero attached hydrogens (tertiary/aromatic N) is 3. The average molecular weight is 586 g/mol. The molecule has 9 heteroatoms. The molecule has 2 aromatic carbocycles. The maximum Gasteiger partial charge on any atom is 0.407 e. The van der Waals surface area contributed by atoms with Gasteiger partial charge < -0.3 is 24.4 Å². The van der Waals surface area contributed by atoms with Crippen LogP contribution in [0.1, 0.15) is 40.0 Å². The Labute approximate surface area is 235 Å². The van der Waals surface area contributed by atoms with E-state index in [1.807, 2.05) is 45.0 Å². The van der Waals surface area contributed by atoms with E-state index < -0.39 is 5.60 Å². The van der Waals surface area contributed by atoms with Crippen molar-refractivity contribution in [2.24, 2.45) is 0 Å². The first-order chi connectivity index (χ1) is 18.2. The third-order valence-electron chi connectivity index (χ3n) is 5.36. The van der Waals surface area contributed by atoms with Gasteiger partial charge in [-0.2, -0.15) is 0 Å². The molecular formula is C29H37BrN4O4. The Morgan fingerprint density at radius 1 is 0.974 bits per heavy atom. The van der Waals surface area contributed by atoms with E-state index in [1.54, 1.807) is 24.3 Å². The predicted molar refractivity (Wildman–Crippen MR) is 154 cm³/mol. The number of alkyl carbamates (subject to hydrolysis) is 1. The Balaban J connectivity index is 0.000000328. The molecule has 8 nitrogen and oxygen atoms in total. The van der Waals surface area contributed by atoms with Crippen LogP contribution >= 0.6 is 15.9 Å². The summed E-state index contributed by atoms with van der Waals surface area (Å²) < 4.78 is 16.4. The molecule has 1 N–H and O–H groups in total. The first-order valence-corrected chi connectivity index (χ1v) is 13.8. The van der Waals surface area contributed by atoms with Crippen molar-refractivity contribution in [3.63, 3.8) is 0 Å². The first kappa shape index (κ1) is 31.0. The first-order valence-electron chi connectivity index (χ1n) is 12.7. The van der Waals surface area contributed by atoms with Crippen molar-refractivity contribution in [1.82, 2.24) is 10.2 Å². The van der Waals surface area contributed by atoms with E-state index in [4.69, 9.17) is 27.4 Å². The fourth-order valence-electron chi connectivity index (χ4n) is 3.58. The maximum absolute atomic E-state index is 11.8. The molecule has 1 fully saturated rings. The number of nitrogens with one attached hydrogen (secondary N) is 1. The summed E-state index contributed by atoms with van der Waals surface area (Å²) in [6.07, 6.45) is 2.51. The van der Waals surface area contributed by atoms with Gasteiger partial charge in [0, 0.05) is 31.0 Å². The van der Waals surface area contributed by atoms with Gasteiger partial charge in [0.05, 0.1) is 26.4 Å². The summed E-state index contributed by atoms with van der Waals surface area (Å²) in [6.45, 7) is 23.4. The van der Waals surface area contributed by atoms with Crippen LogP contribution in [0.15, 0.2) is 48.5 Å². The summed E-state index contributed by atoms with van der Waals surface area (Å²) in [7, 11) is 0. The van der Waals surface area contributed by atoms with E-state index in [9.17, 15) is 4.79 Å². The zero-order valence-electron chi connectivity index (χ0n) is 22.4. The summed E-state index contributed by atoms with van der Waals surface area (Å²) in [4.78, 5) is 20.8. The third-order valence-corrected chi connectivity index (χ3v) is 5.92. The second-order valence-corrected chi connectivity index (χ2v) is 10.5. The number of likely N-dealkylation sites (tertiary alicyclic amines) is 1. The summed E-state index contributed by atoms with van der Waals surface area (Å²) >= 11 is 3.33. The highest BCUT2D eigenvalue weighted by Gasteiger charge is 2.25. The van der Waals surface area contributed by atoms with Crippen LogP contribution in [-0.4, -0.2) is 60.8 Å². The second-order valence-electron chi connectivity index (χ2n) is 9.74. The van der Waals surface area contributed by atoms with Crippen molar-refractivity contribution >= 4 is 33.4 Å². The van der Waals surface area contributed by atoms with Crippen LogP contribution in [0.4, 0.5) is 16.2 Å². The highest BCUT2D eigenvalue weighted by molar-refractivity contribution is 9.09. The van der Waals surface area contributed by atoms with Crippen molar-refractivity contribution in [3.8, 4) is 11.5 Å². The Kier molecular flexibility index (Phi) is 13.5. The average Bonchev–Trinajstić information content (AvgIpc) is 3.33. The van der Waals surface area contributed by atoms with Gasteiger partial charge in [0.15, 0.2) is 11.4 Å². The fraction of sp³-hybridized carbons (Fsp3) is 0.483. The monoisotopic (exact) mass is 584 g/mol. The normalized spacial score (nSPS) is 14.8. The Bertz CT molecular complexity index is 1060. The molecule has 1 saturated heterocycles. The Morgan fingerprint density at radius 3 is 1.97 bits per heavy atom. The minimum atomic E-state index is -0.466. The summed E-state index contributed by atoms with van der Waals surface area (Å²) in [5, 5.41) is 3.89. The molecule has 1 atom stereocenters. The van der Waals surface area contributed by atoms with E-state index in [1.165, 1.54) is 0 Å². The molecule has 1 unspecified atom stereocenters. The molecule has 0 radical (unpaired) electrons. The number of halogens is 1. The highest BCUT2D eigenvalue weighted by atomic mass is 79.9. The van der Waals surface area contributed by atoms with E-state index in [0.717, 1.165) is 55.7 Å². The van der Waals surface area contributed by atoms with Gasteiger partial charge >= 0.3 is 6.09 Å². The number of carbonyl (C=O) groups excluding carboxylic acids is 1. The smallest absolute Gasteiger partial charge is 0.407 e. The molecule has 1 aliphatic heterocycles. The summed E-state index contributed by atoms with van der Waals surface area (Å²) in [5.41, 5.74) is 0.799. The molecule has 1 amide bonds. The molecule has 0 aromatic heterocycles. The van der Waals surface area contributed by atoms with Crippen molar-refractivity contribution < 1.29 is 19.0 Å². The van der Waals surface area contributed by atoms with Crippen molar-refractivity contribution in [2.75, 3.05) is 38.2 Å². The van der Waals surface area contributed by atoms with Crippen LogP contribution < -0.4 is 14.8 Å². The molecular weight excluding hydrogens is 548 g/mol. The molecule has 1 heterocycles. The Hall–Kier alpha value is -3.27. The van der Waals surface area contributed by atoms with Crippen molar-refractivity contribution in [3.05, 3.63) is 71.4 Å². The van der Waals surface area contributed by atoms with Crippen LogP contribution in [0.2, 0.25) is 0 Å². The standard InChI is InChI=1S/C19H27N3O3.C10H10BrNO/c1-19(2,3)25-18(23)21-16-10-12-22(14-16)11-5-13-24-17-8-6-15(20-4)7-9-17;1-12-9-3-5-10(6-4-9)13-8-2-7-11/h6-9,16H,5,10-14H2,1-3H3,(H,21,23);3-6H,2,7-8H2. The van der Waals surface area contributed by atoms with Crippen LogP contribution in [0.25, 0.3) is 9.69 Å². The molecule has 0 aliphatic carbocycles. The minimum absolute atomic E-state index is 0.150. The molecule has 1 aliphatic rings. The molecule has 2 aromatic rings. The van der Waals surface area contributed by atoms with Gasteiger partial charge in [-0.15, -0.1) is 0 Å². The Morgan fingerprint density at radius 2 is 1.50 bits per heavy atom. The van der Waals surface area contributed by atoms with E-state index in [2.05, 4.69) is 35.8 Å². The van der Waals surface area contributed by atoms with Gasteiger partial charge in [-0.3, -0.25) is 0 Å². The van der Waals surface area contributed by atoms with E-state index in [-0.39, 0.29) is 12.1 Å². The van der Waals surface area contributed by atoms with Gasteiger partial charge in [-0.1, -0.05) is 40.2 Å². The zero-order chi connectivity index (χ0) is 27.8. The number of rotatable bonds is 10. The number of amides is 1. The SMILES string of the molecule is [C-]#[N+]c1ccc(OCCCBr)cc1.[C-]#[N+]c1ccc(OCCCN2CCC(NC(=O)OC(C)(C)C)C2)cc1. The molecule has 0 spiro atoms. The number of alkyl halides is 1. The summed E-state index contributed by atoms with van der Waals surface area (Å²) in [5.74, 6) is 1.62. The zero-order valence-corrected chi connectivity index (χ0v) is 24.0. The lowest BCUT2D eigenvalue weighted by atomic mass is 10.2. The number of hydrogen-bond acceptors (Lipinski definition) is 5. The van der Waals surface area contributed by atoms with Gasteiger partial charge in [0.2, 0.25) is 0 Å². The topological polar surface area (TPSA) is 68.8 Å². The van der Waals surface area contributed by atoms with Crippen LogP contribution in [-0.2, 0) is 4.74 Å². The van der Waals surface area contributed by atoms with Crippen molar-refractivity contribution in [2.45, 2.75) is 51.7 Å². The molecule has 0 saturated carbocycles. The number of carbonyl (C=O) groups is 1. The third kappa shape index (κ3) is 12.8. The van der Waals surface area contributed by atoms with Gasteiger partial charge in [0.25, 0.3) is 0 Å². The summed E-state index contributed by atoms with van der Waals surface area (Å²) in [6, 6.07) is 14.5. The fourth-order valence-corrected chi connectivity index (χ4v) is 3.81. The number of benzene rings is 2. The highest BCUT2D eigenvalue weighted by Crippen LogP contribution is 2.19. The number of hydrogen-bond donors (Lipinski definition) is 1. The number of ether oxygens (including phenoxy) is 3. The lowest BCUT2D eigenvalue weighted by Gasteiger charge is -2.22. The maximum atomic E-state index is 11.8. The molecule has 0 bridgehead atoms. The van der Waals surface area contributed by atoms with Crippen LogP contribution in [0.5, 0.6) is 11.5 Å². The predicted octanol–water partition coefficient (Wildman–Crippen LogP) is 7.01. The van der Waals surface area contributed by atoms with Crippen LogP contribution in [0, 0.1) is 13.1 Å². The van der Waals surface area contributed by atoms with Crippen LogP contribution in [0.3, 0.4) is 0 Å². The van der Waals surface area contributed by atoms with Crippen molar-refractivity contribution in [1.29, 1.82) is 0 Å². The van der Waals surface area contributed by atoms with E-state index >= 15 is 0 Å². The molecule has 3 rings (SSSR count). The lowest BCUT2D eigenvalue weighted by Crippen LogP contribution is -2.40. The largest absolute Gasteiger partial charge is 0.494 e. The van der Waals surface area contributed by atoms with E-state index in [0.29, 0.717) is 24.6 Å². The quantitative estimate of drug-likeness (QED) is 0.185. The van der Waals surface area contributed by atoms with Gasteiger partial charge in [0.1, 0.15) is 17.1 Å². The lowest BCUT2D eigenvalue weighted by molar-refractivity contribution is 0.0505. The van der Waals surface area contributed by atoms with Gasteiger partial charge in [-0.05, 0) is 64.3 Å². The minimum Gasteiger partial charge on any atom is -0.494 e.